The largest absolute Gasteiger partial charge is 0.493 e. The van der Waals surface area contributed by atoms with E-state index in [-0.39, 0.29) is 5.60 Å². The van der Waals surface area contributed by atoms with E-state index in [9.17, 15) is 0 Å². The molecule has 1 atom stereocenters. The molecule has 2 saturated heterocycles. The van der Waals surface area contributed by atoms with Crippen molar-refractivity contribution in [1.82, 2.24) is 10.2 Å². The lowest BCUT2D eigenvalue weighted by Gasteiger charge is -2.46. The van der Waals surface area contributed by atoms with Gasteiger partial charge in [0.1, 0.15) is 0 Å². The van der Waals surface area contributed by atoms with E-state index in [0.29, 0.717) is 6.04 Å². The van der Waals surface area contributed by atoms with Gasteiger partial charge in [-0.15, -0.1) is 0 Å². The first kappa shape index (κ1) is 18.5. The summed E-state index contributed by atoms with van der Waals surface area (Å²) < 4.78 is 16.9. The Bertz CT molecular complexity index is 552. The minimum Gasteiger partial charge on any atom is -0.493 e. The predicted octanol–water partition coefficient (Wildman–Crippen LogP) is 2.48. The smallest absolute Gasteiger partial charge is 0.160 e. The molecule has 1 N–H and O–H groups in total. The van der Waals surface area contributed by atoms with Crippen LogP contribution in [0.25, 0.3) is 0 Å². The molecule has 2 heterocycles. The topological polar surface area (TPSA) is 43.0 Å². The molecule has 5 heteroatoms. The van der Waals surface area contributed by atoms with Gasteiger partial charge in [0.05, 0.1) is 19.8 Å². The van der Waals surface area contributed by atoms with Crippen LogP contribution in [-0.4, -0.2) is 64.1 Å². The van der Waals surface area contributed by atoms with Gasteiger partial charge < -0.3 is 24.4 Å². The van der Waals surface area contributed by atoms with E-state index in [1.807, 2.05) is 6.07 Å². The number of benzene rings is 1. The molecule has 0 saturated carbocycles. The van der Waals surface area contributed by atoms with Crippen molar-refractivity contribution in [3.8, 4) is 11.5 Å². The lowest BCUT2D eigenvalue weighted by Crippen LogP contribution is -2.52. The number of nitrogens with zero attached hydrogens (tertiary/aromatic N) is 1. The maximum Gasteiger partial charge on any atom is 0.160 e. The lowest BCUT2D eigenvalue weighted by atomic mass is 9.82. The zero-order valence-corrected chi connectivity index (χ0v) is 15.8. The van der Waals surface area contributed by atoms with Gasteiger partial charge in [0.2, 0.25) is 0 Å². The monoisotopic (exact) mass is 348 g/mol. The number of piperidine rings is 1. The van der Waals surface area contributed by atoms with Crippen molar-refractivity contribution in [3.05, 3.63) is 23.8 Å². The number of likely N-dealkylation sites (N-methyl/N-ethyl adjacent to an activating group) is 1. The molecule has 2 aliphatic rings. The van der Waals surface area contributed by atoms with Gasteiger partial charge in [0.25, 0.3) is 0 Å². The highest BCUT2D eigenvalue weighted by atomic mass is 16.5. The standard InChI is InChI=1S/C20H32N2O3/c1-22(12-6-16-4-5-18(23-2)19(14-16)24-3)17-7-13-25-20(15-17)8-10-21-11-9-20/h4-5,14,17,21H,6-13,15H2,1-3H3. The van der Waals surface area contributed by atoms with Crippen LogP contribution in [0.15, 0.2) is 18.2 Å². The minimum absolute atomic E-state index is 0.117. The van der Waals surface area contributed by atoms with Gasteiger partial charge in [-0.25, -0.2) is 0 Å². The van der Waals surface area contributed by atoms with Gasteiger partial charge in [0, 0.05) is 19.2 Å². The summed E-state index contributed by atoms with van der Waals surface area (Å²) in [6.07, 6.45) is 5.61. The normalized spacial score (nSPS) is 23.0. The predicted molar refractivity (Wildman–Crippen MR) is 99.7 cm³/mol. The fraction of sp³-hybridized carbons (Fsp3) is 0.700. The summed E-state index contributed by atoms with van der Waals surface area (Å²) in [5, 5.41) is 3.45. The third-order valence-electron chi connectivity index (χ3n) is 5.81. The van der Waals surface area contributed by atoms with Crippen LogP contribution in [0, 0.1) is 0 Å². The van der Waals surface area contributed by atoms with E-state index in [2.05, 4.69) is 29.4 Å². The first-order valence-electron chi connectivity index (χ1n) is 9.42. The number of ether oxygens (including phenoxy) is 3. The molecule has 0 amide bonds. The third-order valence-corrected chi connectivity index (χ3v) is 5.81. The number of methoxy groups -OCH3 is 2. The van der Waals surface area contributed by atoms with Crippen LogP contribution in [0.4, 0.5) is 0 Å². The Morgan fingerprint density at radius 1 is 1.20 bits per heavy atom. The molecule has 1 unspecified atom stereocenters. The number of hydrogen-bond acceptors (Lipinski definition) is 5. The van der Waals surface area contributed by atoms with Gasteiger partial charge >= 0.3 is 0 Å². The fourth-order valence-electron chi connectivity index (χ4n) is 4.13. The quantitative estimate of drug-likeness (QED) is 0.855. The fourth-order valence-corrected chi connectivity index (χ4v) is 4.13. The highest BCUT2D eigenvalue weighted by Crippen LogP contribution is 2.35. The number of hydrogen-bond donors (Lipinski definition) is 1. The molecule has 140 valence electrons. The van der Waals surface area contributed by atoms with Gasteiger partial charge in [-0.3, -0.25) is 0 Å². The number of rotatable bonds is 6. The zero-order chi connectivity index (χ0) is 17.7. The van der Waals surface area contributed by atoms with Crippen molar-refractivity contribution in [1.29, 1.82) is 0 Å². The van der Waals surface area contributed by atoms with Crippen molar-refractivity contribution >= 4 is 0 Å². The maximum absolute atomic E-state index is 6.21. The second-order valence-electron chi connectivity index (χ2n) is 7.35. The Hall–Kier alpha value is -1.30. The summed E-state index contributed by atoms with van der Waals surface area (Å²) in [5.41, 5.74) is 1.40. The van der Waals surface area contributed by atoms with Crippen molar-refractivity contribution in [2.45, 2.75) is 43.7 Å². The maximum atomic E-state index is 6.21. The van der Waals surface area contributed by atoms with Crippen molar-refractivity contribution < 1.29 is 14.2 Å². The van der Waals surface area contributed by atoms with Crippen LogP contribution >= 0.6 is 0 Å². The summed E-state index contributed by atoms with van der Waals surface area (Å²) in [6.45, 7) is 4.12. The molecule has 0 aliphatic carbocycles. The van der Waals surface area contributed by atoms with E-state index in [1.165, 1.54) is 5.56 Å². The molecular weight excluding hydrogens is 316 g/mol. The summed E-state index contributed by atoms with van der Waals surface area (Å²) in [5.74, 6) is 1.60. The molecule has 25 heavy (non-hydrogen) atoms. The summed E-state index contributed by atoms with van der Waals surface area (Å²) in [7, 11) is 5.62. The van der Waals surface area contributed by atoms with E-state index in [1.54, 1.807) is 14.2 Å². The van der Waals surface area contributed by atoms with E-state index in [4.69, 9.17) is 14.2 Å². The average molecular weight is 348 g/mol. The Kier molecular flexibility index (Phi) is 6.20. The molecule has 2 aliphatic heterocycles. The average Bonchev–Trinajstić information content (AvgIpc) is 2.66. The van der Waals surface area contributed by atoms with Crippen molar-refractivity contribution in [2.75, 3.05) is 47.5 Å². The summed E-state index contributed by atoms with van der Waals surface area (Å²) >= 11 is 0. The molecule has 0 radical (unpaired) electrons. The molecule has 3 rings (SSSR count). The van der Waals surface area contributed by atoms with Gasteiger partial charge in [-0.2, -0.15) is 0 Å². The number of nitrogens with one attached hydrogen (secondary N) is 1. The lowest BCUT2D eigenvalue weighted by molar-refractivity contribution is -0.118. The Balaban J connectivity index is 1.56. The molecular formula is C20H32N2O3. The van der Waals surface area contributed by atoms with Crippen molar-refractivity contribution in [3.63, 3.8) is 0 Å². The SMILES string of the molecule is COc1ccc(CCN(C)C2CCOC3(CCNCC3)C2)cc1OC. The third kappa shape index (κ3) is 4.46. The Morgan fingerprint density at radius 2 is 1.96 bits per heavy atom. The van der Waals surface area contributed by atoms with E-state index < -0.39 is 0 Å². The zero-order valence-electron chi connectivity index (χ0n) is 15.8. The molecule has 0 bridgehead atoms. The van der Waals surface area contributed by atoms with Crippen molar-refractivity contribution in [2.24, 2.45) is 0 Å². The van der Waals surface area contributed by atoms with Gasteiger partial charge in [0.15, 0.2) is 11.5 Å². The molecule has 5 nitrogen and oxygen atoms in total. The first-order valence-corrected chi connectivity index (χ1v) is 9.42. The van der Waals surface area contributed by atoms with Crippen LogP contribution in [0.5, 0.6) is 11.5 Å². The van der Waals surface area contributed by atoms with E-state index in [0.717, 1.165) is 69.8 Å². The Morgan fingerprint density at radius 3 is 2.68 bits per heavy atom. The van der Waals surface area contributed by atoms with Gasteiger partial charge in [-0.1, -0.05) is 6.07 Å². The molecule has 2 fully saturated rings. The molecule has 0 aromatic heterocycles. The second kappa shape index (κ2) is 8.39. The molecule has 1 aromatic carbocycles. The Labute approximate surface area is 151 Å². The van der Waals surface area contributed by atoms with Crippen LogP contribution < -0.4 is 14.8 Å². The molecule has 1 aromatic rings. The highest BCUT2D eigenvalue weighted by molar-refractivity contribution is 5.42. The minimum atomic E-state index is 0.117. The summed E-state index contributed by atoms with van der Waals surface area (Å²) in [4.78, 5) is 2.52. The van der Waals surface area contributed by atoms with Crippen LogP contribution in [0.3, 0.4) is 0 Å². The molecule has 1 spiro atoms. The summed E-state index contributed by atoms with van der Waals surface area (Å²) in [6, 6.07) is 6.83. The first-order chi connectivity index (χ1) is 12.2. The second-order valence-corrected chi connectivity index (χ2v) is 7.35. The van der Waals surface area contributed by atoms with Crippen LogP contribution in [-0.2, 0) is 11.2 Å². The van der Waals surface area contributed by atoms with E-state index >= 15 is 0 Å². The highest BCUT2D eigenvalue weighted by Gasteiger charge is 2.39. The van der Waals surface area contributed by atoms with Crippen LogP contribution in [0.2, 0.25) is 0 Å². The van der Waals surface area contributed by atoms with Crippen LogP contribution in [0.1, 0.15) is 31.2 Å². The van der Waals surface area contributed by atoms with Gasteiger partial charge in [-0.05, 0) is 69.9 Å².